The Morgan fingerprint density at radius 1 is 1.80 bits per heavy atom. The van der Waals surface area contributed by atoms with Crippen LogP contribution >= 0.6 is 0 Å². The minimum absolute atomic E-state index is 0.0671. The van der Waals surface area contributed by atoms with Crippen LogP contribution in [0.1, 0.15) is 20.3 Å². The highest BCUT2D eigenvalue weighted by Gasteiger charge is 2.39. The van der Waals surface area contributed by atoms with Crippen molar-refractivity contribution in [1.82, 2.24) is 0 Å². The highest BCUT2D eigenvalue weighted by molar-refractivity contribution is 5.78. The molecule has 56 valence electrons. The zero-order chi connectivity index (χ0) is 7.78. The van der Waals surface area contributed by atoms with Crippen LogP contribution in [-0.2, 0) is 9.53 Å². The maximum Gasteiger partial charge on any atom is 0.312 e. The van der Waals surface area contributed by atoms with Crippen LogP contribution in [-0.4, -0.2) is 12.1 Å². The van der Waals surface area contributed by atoms with Gasteiger partial charge in [0, 0.05) is 6.42 Å². The Labute approximate surface area is 60.9 Å². The summed E-state index contributed by atoms with van der Waals surface area (Å²) in [5.41, 5.74) is -0.307. The second-order valence-electron chi connectivity index (χ2n) is 3.27. The molecule has 2 heteroatoms. The van der Waals surface area contributed by atoms with E-state index in [0.717, 1.165) is 6.42 Å². The molecule has 1 aliphatic heterocycles. The highest BCUT2D eigenvalue weighted by atomic mass is 16.6. The lowest BCUT2D eigenvalue weighted by Gasteiger charge is -2.08. The summed E-state index contributed by atoms with van der Waals surface area (Å²) in [5.74, 6) is -0.114. The number of rotatable bonds is 1. The van der Waals surface area contributed by atoms with Crippen LogP contribution in [0.4, 0.5) is 0 Å². The Bertz CT molecular complexity index is 170. The van der Waals surface area contributed by atoms with Crippen LogP contribution < -0.4 is 0 Å². The van der Waals surface area contributed by atoms with Gasteiger partial charge in [-0.1, -0.05) is 12.7 Å². The molecule has 0 aromatic heterocycles. The van der Waals surface area contributed by atoms with Gasteiger partial charge in [-0.15, -0.1) is 0 Å². The molecule has 0 aromatic carbocycles. The predicted octanol–water partition coefficient (Wildman–Crippen LogP) is 1.51. The molecule has 1 saturated heterocycles. The van der Waals surface area contributed by atoms with Gasteiger partial charge < -0.3 is 4.74 Å². The van der Waals surface area contributed by atoms with Crippen LogP contribution in [0, 0.1) is 5.41 Å². The van der Waals surface area contributed by atoms with E-state index in [1.54, 1.807) is 6.08 Å². The van der Waals surface area contributed by atoms with Gasteiger partial charge in [0.1, 0.15) is 6.10 Å². The minimum Gasteiger partial charge on any atom is -0.458 e. The molecule has 0 bridgehead atoms. The van der Waals surface area contributed by atoms with Crippen molar-refractivity contribution in [1.29, 1.82) is 0 Å². The van der Waals surface area contributed by atoms with Crippen molar-refractivity contribution in [3.63, 3.8) is 0 Å². The van der Waals surface area contributed by atoms with Crippen molar-refractivity contribution in [2.24, 2.45) is 5.41 Å². The first-order valence-electron chi connectivity index (χ1n) is 3.40. The maximum absolute atomic E-state index is 11.0. The second-order valence-corrected chi connectivity index (χ2v) is 3.27. The van der Waals surface area contributed by atoms with E-state index in [1.165, 1.54) is 0 Å². The van der Waals surface area contributed by atoms with Crippen molar-refractivity contribution in [3.05, 3.63) is 12.7 Å². The fourth-order valence-corrected chi connectivity index (χ4v) is 1.06. The average molecular weight is 140 g/mol. The van der Waals surface area contributed by atoms with Crippen molar-refractivity contribution in [2.75, 3.05) is 0 Å². The molecule has 0 unspecified atom stereocenters. The fraction of sp³-hybridized carbons (Fsp3) is 0.625. The Hall–Kier alpha value is -0.790. The molecule has 0 aromatic rings. The normalized spacial score (nSPS) is 29.8. The van der Waals surface area contributed by atoms with Gasteiger partial charge in [-0.25, -0.2) is 0 Å². The van der Waals surface area contributed by atoms with Crippen LogP contribution in [0.15, 0.2) is 12.7 Å². The average Bonchev–Trinajstić information content (AvgIpc) is 2.08. The topological polar surface area (TPSA) is 26.3 Å². The molecular formula is C8H12O2. The lowest BCUT2D eigenvalue weighted by molar-refractivity contribution is -0.146. The number of cyclic esters (lactones) is 1. The summed E-state index contributed by atoms with van der Waals surface area (Å²) in [5, 5.41) is 0. The Balaban J connectivity index is 2.70. The third-order valence-corrected chi connectivity index (χ3v) is 1.79. The molecular weight excluding hydrogens is 128 g/mol. The summed E-state index contributed by atoms with van der Waals surface area (Å²) in [6, 6.07) is 0. The number of carbonyl (C=O) groups is 1. The first-order chi connectivity index (χ1) is 4.56. The summed E-state index contributed by atoms with van der Waals surface area (Å²) in [6.07, 6.45) is 2.37. The lowest BCUT2D eigenvalue weighted by atomic mass is 9.90. The lowest BCUT2D eigenvalue weighted by Crippen LogP contribution is -2.16. The Kier molecular flexibility index (Phi) is 1.55. The van der Waals surface area contributed by atoms with Gasteiger partial charge in [0.05, 0.1) is 5.41 Å². The van der Waals surface area contributed by atoms with Crippen LogP contribution in [0.25, 0.3) is 0 Å². The van der Waals surface area contributed by atoms with Gasteiger partial charge in [0.15, 0.2) is 0 Å². The summed E-state index contributed by atoms with van der Waals surface area (Å²) in [7, 11) is 0. The number of hydrogen-bond acceptors (Lipinski definition) is 2. The van der Waals surface area contributed by atoms with E-state index >= 15 is 0 Å². The van der Waals surface area contributed by atoms with E-state index in [0.29, 0.717) is 0 Å². The summed E-state index contributed by atoms with van der Waals surface area (Å²) in [6.45, 7) is 7.34. The van der Waals surface area contributed by atoms with Gasteiger partial charge in [0.25, 0.3) is 0 Å². The van der Waals surface area contributed by atoms with E-state index in [2.05, 4.69) is 6.58 Å². The predicted molar refractivity (Wildman–Crippen MR) is 38.5 cm³/mol. The molecule has 1 fully saturated rings. The molecule has 0 saturated carbocycles. The van der Waals surface area contributed by atoms with Gasteiger partial charge in [0.2, 0.25) is 0 Å². The van der Waals surface area contributed by atoms with Gasteiger partial charge >= 0.3 is 5.97 Å². The quantitative estimate of drug-likeness (QED) is 0.407. The zero-order valence-electron chi connectivity index (χ0n) is 6.39. The molecule has 1 atom stereocenters. The van der Waals surface area contributed by atoms with E-state index in [-0.39, 0.29) is 17.5 Å². The van der Waals surface area contributed by atoms with Crippen molar-refractivity contribution in [2.45, 2.75) is 26.4 Å². The van der Waals surface area contributed by atoms with Crippen LogP contribution in [0.5, 0.6) is 0 Å². The van der Waals surface area contributed by atoms with Crippen molar-refractivity contribution < 1.29 is 9.53 Å². The van der Waals surface area contributed by atoms with Crippen molar-refractivity contribution >= 4 is 5.97 Å². The SMILES string of the molecule is C=C[C@@H]1CC(C)(C)C(=O)O1. The van der Waals surface area contributed by atoms with Gasteiger partial charge in [-0.3, -0.25) is 4.79 Å². The third-order valence-electron chi connectivity index (χ3n) is 1.79. The first-order valence-corrected chi connectivity index (χ1v) is 3.40. The molecule has 1 heterocycles. The molecule has 1 rings (SSSR count). The number of esters is 1. The third kappa shape index (κ3) is 1.06. The molecule has 10 heavy (non-hydrogen) atoms. The van der Waals surface area contributed by atoms with E-state index in [1.807, 2.05) is 13.8 Å². The summed E-state index contributed by atoms with van der Waals surface area (Å²) in [4.78, 5) is 11.0. The van der Waals surface area contributed by atoms with E-state index in [4.69, 9.17) is 4.74 Å². The standard InChI is InChI=1S/C8H12O2/c1-4-6-5-8(2,3)7(9)10-6/h4,6H,1,5H2,2-3H3/t6-/m1/s1. The molecule has 0 spiro atoms. The molecule has 0 amide bonds. The number of ether oxygens (including phenoxy) is 1. The van der Waals surface area contributed by atoms with Crippen LogP contribution in [0.2, 0.25) is 0 Å². The monoisotopic (exact) mass is 140 g/mol. The van der Waals surface area contributed by atoms with Crippen LogP contribution in [0.3, 0.4) is 0 Å². The highest BCUT2D eigenvalue weighted by Crippen LogP contribution is 2.32. The number of carbonyl (C=O) groups excluding carboxylic acids is 1. The minimum atomic E-state index is -0.307. The van der Waals surface area contributed by atoms with E-state index < -0.39 is 0 Å². The second kappa shape index (κ2) is 2.11. The van der Waals surface area contributed by atoms with Gasteiger partial charge in [-0.05, 0) is 13.8 Å². The maximum atomic E-state index is 11.0. The Morgan fingerprint density at radius 3 is 2.60 bits per heavy atom. The molecule has 1 aliphatic rings. The first kappa shape index (κ1) is 7.32. The summed E-state index contributed by atoms with van der Waals surface area (Å²) >= 11 is 0. The molecule has 0 N–H and O–H groups in total. The number of hydrogen-bond donors (Lipinski definition) is 0. The summed E-state index contributed by atoms with van der Waals surface area (Å²) < 4.78 is 4.97. The van der Waals surface area contributed by atoms with Crippen molar-refractivity contribution in [3.8, 4) is 0 Å². The molecule has 2 nitrogen and oxygen atoms in total. The molecule has 0 aliphatic carbocycles. The smallest absolute Gasteiger partial charge is 0.312 e. The largest absolute Gasteiger partial charge is 0.458 e. The molecule has 0 radical (unpaired) electrons. The van der Waals surface area contributed by atoms with E-state index in [9.17, 15) is 4.79 Å². The fourth-order valence-electron chi connectivity index (χ4n) is 1.06. The Morgan fingerprint density at radius 2 is 2.40 bits per heavy atom. The zero-order valence-corrected chi connectivity index (χ0v) is 6.39. The van der Waals surface area contributed by atoms with Gasteiger partial charge in [-0.2, -0.15) is 0 Å².